The van der Waals surface area contributed by atoms with Gasteiger partial charge in [0.2, 0.25) is 5.89 Å². The molecule has 1 heterocycles. The molecule has 0 spiro atoms. The molecule has 0 saturated carbocycles. The molecule has 1 aromatic heterocycles. The fourth-order valence-electron chi connectivity index (χ4n) is 1.48. The van der Waals surface area contributed by atoms with Crippen molar-refractivity contribution in [3.63, 3.8) is 0 Å². The van der Waals surface area contributed by atoms with E-state index in [-0.39, 0.29) is 5.75 Å². The third-order valence-electron chi connectivity index (χ3n) is 2.32. The number of thioether (sulfide) groups is 1. The molecular weight excluding hydrogens is 323 g/mol. The molecule has 0 unspecified atom stereocenters. The lowest BCUT2D eigenvalue weighted by atomic mass is 10.1. The number of aromatic nitrogens is 2. The molecule has 0 aliphatic rings. The second kappa shape index (κ2) is 6.97. The number of aliphatic carboxylic acids is 1. The number of carboxylic acid groups (broad SMARTS) is 1. The van der Waals surface area contributed by atoms with Crippen LogP contribution in [-0.4, -0.2) is 27.0 Å². The molecule has 2 aromatic rings. The quantitative estimate of drug-likeness (QED) is 0.874. The molecule has 0 radical (unpaired) electrons. The lowest BCUT2D eigenvalue weighted by Gasteiger charge is -2.00. The summed E-state index contributed by atoms with van der Waals surface area (Å²) in [6.07, 6.45) is 0.434. The highest BCUT2D eigenvalue weighted by atomic mass is 35.5. The van der Waals surface area contributed by atoms with Crippen LogP contribution < -0.4 is 0 Å². The second-order valence-electron chi connectivity index (χ2n) is 3.90. The highest BCUT2D eigenvalue weighted by Gasteiger charge is 2.10. The first-order valence-electron chi connectivity index (χ1n) is 5.59. The van der Waals surface area contributed by atoms with Crippen molar-refractivity contribution in [3.8, 4) is 0 Å². The molecule has 106 valence electrons. The van der Waals surface area contributed by atoms with E-state index in [2.05, 4.69) is 10.1 Å². The van der Waals surface area contributed by atoms with Gasteiger partial charge in [-0.05, 0) is 17.7 Å². The topological polar surface area (TPSA) is 76.2 Å². The summed E-state index contributed by atoms with van der Waals surface area (Å²) in [7, 11) is 0. The first-order chi connectivity index (χ1) is 9.54. The second-order valence-corrected chi connectivity index (χ2v) is 5.73. The number of carboxylic acids is 1. The summed E-state index contributed by atoms with van der Waals surface area (Å²) in [6.45, 7) is 0. The summed E-state index contributed by atoms with van der Waals surface area (Å²) in [5, 5.41) is 13.5. The third-order valence-corrected chi connectivity index (χ3v) is 3.81. The first-order valence-corrected chi connectivity index (χ1v) is 7.50. The maximum atomic E-state index is 10.4. The van der Waals surface area contributed by atoms with Crippen LogP contribution in [0.25, 0.3) is 0 Å². The van der Waals surface area contributed by atoms with E-state index in [1.165, 1.54) is 11.8 Å². The minimum Gasteiger partial charge on any atom is -0.481 e. The Morgan fingerprint density at radius 3 is 2.90 bits per heavy atom. The van der Waals surface area contributed by atoms with E-state index >= 15 is 0 Å². The Kier molecular flexibility index (Phi) is 5.28. The van der Waals surface area contributed by atoms with Gasteiger partial charge in [-0.2, -0.15) is 4.98 Å². The lowest BCUT2D eigenvalue weighted by Crippen LogP contribution is -1.98. The SMILES string of the molecule is O=C(O)CSCc1nc(Cc2ccc(Cl)cc2Cl)no1. The van der Waals surface area contributed by atoms with Crippen molar-refractivity contribution in [2.75, 3.05) is 5.75 Å². The molecule has 0 bridgehead atoms. The number of hydrogen-bond acceptors (Lipinski definition) is 5. The Morgan fingerprint density at radius 2 is 2.20 bits per heavy atom. The van der Waals surface area contributed by atoms with Crippen molar-refractivity contribution < 1.29 is 14.4 Å². The lowest BCUT2D eigenvalue weighted by molar-refractivity contribution is -0.133. The Morgan fingerprint density at radius 1 is 1.40 bits per heavy atom. The first kappa shape index (κ1) is 15.2. The number of rotatable bonds is 6. The molecule has 0 fully saturated rings. The van der Waals surface area contributed by atoms with Crippen LogP contribution in [-0.2, 0) is 17.0 Å². The van der Waals surface area contributed by atoms with E-state index < -0.39 is 5.97 Å². The maximum absolute atomic E-state index is 10.4. The normalized spacial score (nSPS) is 10.7. The molecule has 0 atom stereocenters. The van der Waals surface area contributed by atoms with Crippen LogP contribution in [0.1, 0.15) is 17.3 Å². The molecule has 0 aliphatic heterocycles. The average molecular weight is 333 g/mol. The Labute approximate surface area is 129 Å². The van der Waals surface area contributed by atoms with Crippen molar-refractivity contribution in [1.82, 2.24) is 10.1 Å². The van der Waals surface area contributed by atoms with E-state index in [0.29, 0.717) is 33.9 Å². The highest BCUT2D eigenvalue weighted by Crippen LogP contribution is 2.23. The highest BCUT2D eigenvalue weighted by molar-refractivity contribution is 7.99. The molecule has 2 rings (SSSR count). The molecule has 0 amide bonds. The number of benzene rings is 1. The van der Waals surface area contributed by atoms with E-state index in [1.807, 2.05) is 0 Å². The summed E-state index contributed by atoms with van der Waals surface area (Å²) in [4.78, 5) is 14.6. The molecule has 5 nitrogen and oxygen atoms in total. The van der Waals surface area contributed by atoms with Gasteiger partial charge in [0.15, 0.2) is 5.82 Å². The molecule has 1 aromatic carbocycles. The Balaban J connectivity index is 1.97. The van der Waals surface area contributed by atoms with Crippen LogP contribution >= 0.6 is 35.0 Å². The number of halogens is 2. The third kappa shape index (κ3) is 4.40. The van der Waals surface area contributed by atoms with Crippen LogP contribution in [0, 0.1) is 0 Å². The fraction of sp³-hybridized carbons (Fsp3) is 0.250. The molecular formula is C12H10Cl2N2O3S. The minimum atomic E-state index is -0.873. The molecule has 8 heteroatoms. The number of hydrogen-bond donors (Lipinski definition) is 1. The summed E-state index contributed by atoms with van der Waals surface area (Å²) >= 11 is 13.1. The van der Waals surface area contributed by atoms with Gasteiger partial charge in [0.05, 0.1) is 11.5 Å². The smallest absolute Gasteiger partial charge is 0.313 e. The van der Waals surface area contributed by atoms with E-state index in [4.69, 9.17) is 32.8 Å². The summed E-state index contributed by atoms with van der Waals surface area (Å²) < 4.78 is 5.04. The van der Waals surface area contributed by atoms with Crippen LogP contribution in [0.5, 0.6) is 0 Å². The zero-order chi connectivity index (χ0) is 14.5. The number of nitrogens with zero attached hydrogens (tertiary/aromatic N) is 2. The maximum Gasteiger partial charge on any atom is 0.313 e. The summed E-state index contributed by atoms with van der Waals surface area (Å²) in [5.41, 5.74) is 0.849. The van der Waals surface area contributed by atoms with Gasteiger partial charge >= 0.3 is 5.97 Å². The van der Waals surface area contributed by atoms with Crippen LogP contribution in [0.2, 0.25) is 10.0 Å². The number of carbonyl (C=O) groups is 1. The molecule has 20 heavy (non-hydrogen) atoms. The predicted molar refractivity (Wildman–Crippen MR) is 77.4 cm³/mol. The van der Waals surface area contributed by atoms with Crippen LogP contribution in [0.15, 0.2) is 22.7 Å². The van der Waals surface area contributed by atoms with Crippen LogP contribution in [0.3, 0.4) is 0 Å². The van der Waals surface area contributed by atoms with Crippen molar-refractivity contribution >= 4 is 40.9 Å². The average Bonchev–Trinajstić information content (AvgIpc) is 2.80. The molecule has 0 aliphatic carbocycles. The van der Waals surface area contributed by atoms with E-state index in [1.54, 1.807) is 18.2 Å². The zero-order valence-corrected chi connectivity index (χ0v) is 12.5. The summed E-state index contributed by atoms with van der Waals surface area (Å²) in [5.74, 6) is 0.396. The fourth-order valence-corrected chi connectivity index (χ4v) is 2.53. The van der Waals surface area contributed by atoms with Gasteiger partial charge in [-0.25, -0.2) is 0 Å². The van der Waals surface area contributed by atoms with Gasteiger partial charge in [-0.1, -0.05) is 34.4 Å². The largest absolute Gasteiger partial charge is 0.481 e. The standard InChI is InChI=1S/C12H10Cl2N2O3S/c13-8-2-1-7(9(14)4-8)3-10-15-11(19-16-10)5-20-6-12(17)18/h1-2,4H,3,5-6H2,(H,17,18). The molecule has 1 N–H and O–H groups in total. The van der Waals surface area contributed by atoms with Crippen molar-refractivity contribution in [3.05, 3.63) is 45.5 Å². The monoisotopic (exact) mass is 332 g/mol. The summed E-state index contributed by atoms with van der Waals surface area (Å²) in [6, 6.07) is 5.20. The van der Waals surface area contributed by atoms with Crippen molar-refractivity contribution in [2.45, 2.75) is 12.2 Å². The van der Waals surface area contributed by atoms with Gasteiger partial charge in [0.1, 0.15) is 0 Å². The Hall–Kier alpha value is -1.24. The van der Waals surface area contributed by atoms with E-state index in [9.17, 15) is 4.79 Å². The predicted octanol–water partition coefficient (Wildman–Crippen LogP) is 3.29. The van der Waals surface area contributed by atoms with Crippen LogP contribution in [0.4, 0.5) is 0 Å². The van der Waals surface area contributed by atoms with Gasteiger partial charge in [-0.3, -0.25) is 4.79 Å². The van der Waals surface area contributed by atoms with Crippen molar-refractivity contribution in [1.29, 1.82) is 0 Å². The van der Waals surface area contributed by atoms with Crippen molar-refractivity contribution in [2.24, 2.45) is 0 Å². The minimum absolute atomic E-state index is 0.000720. The van der Waals surface area contributed by atoms with Gasteiger partial charge in [0.25, 0.3) is 0 Å². The molecule has 0 saturated heterocycles. The van der Waals surface area contributed by atoms with Gasteiger partial charge in [0, 0.05) is 16.5 Å². The van der Waals surface area contributed by atoms with E-state index in [0.717, 1.165) is 5.56 Å². The van der Waals surface area contributed by atoms with Gasteiger partial charge in [-0.15, -0.1) is 11.8 Å². The zero-order valence-electron chi connectivity index (χ0n) is 10.2. The van der Waals surface area contributed by atoms with Gasteiger partial charge < -0.3 is 9.63 Å². The Bertz CT molecular complexity index is 618.